The zero-order chi connectivity index (χ0) is 31.2. The molecule has 47 heavy (non-hydrogen) atoms. The van der Waals surface area contributed by atoms with Crippen molar-refractivity contribution >= 4 is 44.4 Å². The fourth-order valence-corrected chi connectivity index (χ4v) is 6.54. The number of nitrogens with one attached hydrogen (secondary N) is 1. The van der Waals surface area contributed by atoms with Gasteiger partial charge in [0.1, 0.15) is 23.2 Å². The molecule has 0 amide bonds. The first-order chi connectivity index (χ1) is 23.3. The van der Waals surface area contributed by atoms with Crippen molar-refractivity contribution in [1.82, 2.24) is 5.32 Å². The van der Waals surface area contributed by atoms with Gasteiger partial charge in [0.15, 0.2) is 5.84 Å². The zero-order valence-corrected chi connectivity index (χ0v) is 25.5. The molecule has 0 radical (unpaired) electrons. The Hall–Kier alpha value is -6.26. The van der Waals surface area contributed by atoms with Gasteiger partial charge in [-0.05, 0) is 62.9 Å². The van der Waals surface area contributed by atoms with Crippen molar-refractivity contribution in [2.45, 2.75) is 6.17 Å². The summed E-state index contributed by atoms with van der Waals surface area (Å²) in [5, 5.41) is 7.97. The van der Waals surface area contributed by atoms with Crippen LogP contribution in [0.1, 0.15) is 22.9 Å². The Morgan fingerprint density at radius 2 is 1.06 bits per heavy atom. The van der Waals surface area contributed by atoms with Gasteiger partial charge < -0.3 is 9.73 Å². The highest BCUT2D eigenvalue weighted by Gasteiger charge is 2.24. The molecule has 1 unspecified atom stereocenters. The van der Waals surface area contributed by atoms with E-state index in [2.05, 4.69) is 127 Å². The molecule has 4 nitrogen and oxygen atoms in total. The summed E-state index contributed by atoms with van der Waals surface area (Å²) in [6.45, 7) is 0. The molecule has 0 spiro atoms. The lowest BCUT2D eigenvalue weighted by molar-refractivity contribution is 0.669. The lowest BCUT2D eigenvalue weighted by Crippen LogP contribution is -2.33. The van der Waals surface area contributed by atoms with Crippen LogP contribution in [-0.4, -0.2) is 11.7 Å². The van der Waals surface area contributed by atoms with E-state index < -0.39 is 0 Å². The van der Waals surface area contributed by atoms with Crippen LogP contribution in [0, 0.1) is 0 Å². The summed E-state index contributed by atoms with van der Waals surface area (Å²) in [5.74, 6) is 1.45. The molecular weight excluding hydrogens is 574 g/mol. The van der Waals surface area contributed by atoms with Crippen LogP contribution in [0.3, 0.4) is 0 Å². The second-order valence-corrected chi connectivity index (χ2v) is 11.9. The highest BCUT2D eigenvalue weighted by atomic mass is 16.3. The number of benzene rings is 7. The predicted molar refractivity (Wildman–Crippen MR) is 194 cm³/mol. The van der Waals surface area contributed by atoms with E-state index in [1.165, 1.54) is 11.1 Å². The smallest absolute Gasteiger partial charge is 0.160 e. The van der Waals surface area contributed by atoms with E-state index in [0.717, 1.165) is 66.4 Å². The molecule has 0 bridgehead atoms. The summed E-state index contributed by atoms with van der Waals surface area (Å²) in [6, 6.07) is 56.9. The van der Waals surface area contributed by atoms with E-state index in [-0.39, 0.29) is 6.17 Å². The van der Waals surface area contributed by atoms with Gasteiger partial charge in [-0.3, -0.25) is 0 Å². The van der Waals surface area contributed by atoms with Gasteiger partial charge in [-0.2, -0.15) is 0 Å². The summed E-state index contributed by atoms with van der Waals surface area (Å²) in [5.41, 5.74) is 9.18. The van der Waals surface area contributed by atoms with Crippen LogP contribution in [0.2, 0.25) is 0 Å². The fourth-order valence-electron chi connectivity index (χ4n) is 6.54. The van der Waals surface area contributed by atoms with Gasteiger partial charge in [-0.15, -0.1) is 0 Å². The lowest BCUT2D eigenvalue weighted by atomic mass is 9.95. The number of hydrogen-bond acceptors (Lipinski definition) is 4. The maximum Gasteiger partial charge on any atom is 0.160 e. The number of nitrogens with zero attached hydrogens (tertiary/aromatic N) is 2. The summed E-state index contributed by atoms with van der Waals surface area (Å²) in [6.07, 6.45) is -0.304. The number of furan rings is 1. The Kier molecular flexibility index (Phi) is 6.50. The molecule has 0 aliphatic carbocycles. The highest BCUT2D eigenvalue weighted by Crippen LogP contribution is 2.39. The first-order valence-corrected chi connectivity index (χ1v) is 15.9. The van der Waals surface area contributed by atoms with E-state index >= 15 is 0 Å². The second-order valence-electron chi connectivity index (χ2n) is 11.9. The van der Waals surface area contributed by atoms with Crippen molar-refractivity contribution in [2.24, 2.45) is 9.98 Å². The number of aliphatic imine (C=N–C) groups is 2. The van der Waals surface area contributed by atoms with Crippen molar-refractivity contribution in [3.8, 4) is 22.3 Å². The van der Waals surface area contributed by atoms with E-state index in [9.17, 15) is 0 Å². The summed E-state index contributed by atoms with van der Waals surface area (Å²) < 4.78 is 6.65. The Balaban J connectivity index is 1.28. The molecule has 0 saturated carbocycles. The first-order valence-electron chi connectivity index (χ1n) is 15.9. The van der Waals surface area contributed by atoms with E-state index in [1.54, 1.807) is 0 Å². The largest absolute Gasteiger partial charge is 0.456 e. The van der Waals surface area contributed by atoms with Crippen molar-refractivity contribution in [3.05, 3.63) is 180 Å². The van der Waals surface area contributed by atoms with Crippen LogP contribution in [0.15, 0.2) is 178 Å². The molecule has 0 fully saturated rings. The van der Waals surface area contributed by atoms with E-state index in [1.807, 2.05) is 42.5 Å². The Bertz CT molecular complexity index is 2460. The number of hydrogen-bond donors (Lipinski definition) is 1. The van der Waals surface area contributed by atoms with Crippen molar-refractivity contribution in [2.75, 3.05) is 0 Å². The Morgan fingerprint density at radius 1 is 0.489 bits per heavy atom. The molecule has 7 aromatic carbocycles. The van der Waals surface area contributed by atoms with Gasteiger partial charge in [-0.1, -0.05) is 140 Å². The van der Waals surface area contributed by atoms with Gasteiger partial charge in [0.05, 0.1) is 0 Å². The lowest BCUT2D eigenvalue weighted by Gasteiger charge is -2.24. The molecule has 1 aliphatic rings. The minimum Gasteiger partial charge on any atom is -0.456 e. The second kappa shape index (κ2) is 11.3. The van der Waals surface area contributed by atoms with Crippen LogP contribution in [0.4, 0.5) is 0 Å². The van der Waals surface area contributed by atoms with Gasteiger partial charge >= 0.3 is 0 Å². The Morgan fingerprint density at radius 3 is 1.77 bits per heavy atom. The maximum atomic E-state index is 6.65. The molecule has 4 heteroatoms. The van der Waals surface area contributed by atoms with Crippen molar-refractivity contribution < 1.29 is 4.42 Å². The molecule has 0 saturated heterocycles. The quantitative estimate of drug-likeness (QED) is 0.213. The Labute approximate surface area is 272 Å². The summed E-state index contributed by atoms with van der Waals surface area (Å²) >= 11 is 0. The highest BCUT2D eigenvalue weighted by molar-refractivity contribution is 6.23. The van der Waals surface area contributed by atoms with Crippen LogP contribution < -0.4 is 5.32 Å². The fraction of sp³-hybridized carbons (Fsp3) is 0.0233. The topological polar surface area (TPSA) is 49.9 Å². The van der Waals surface area contributed by atoms with Crippen molar-refractivity contribution in [3.63, 3.8) is 0 Å². The third-order valence-corrected chi connectivity index (χ3v) is 8.91. The van der Waals surface area contributed by atoms with Gasteiger partial charge in [-0.25, -0.2) is 9.98 Å². The summed E-state index contributed by atoms with van der Waals surface area (Å²) in [7, 11) is 0. The standard InChI is InChI=1S/C43H29N3O/c1-4-12-28(13-5-1)29-20-22-30(23-21-29)35-25-37(40-36-24-33-18-10-11-19-34(33)26-38(36)47-39(40)27-35)43-45-41(31-14-6-2-7-15-31)44-42(46-43)32-16-8-3-9-17-32/h1-27,41H,(H,44,45,46). The zero-order valence-electron chi connectivity index (χ0n) is 25.5. The monoisotopic (exact) mass is 603 g/mol. The van der Waals surface area contributed by atoms with Gasteiger partial charge in [0.25, 0.3) is 0 Å². The molecule has 1 aliphatic heterocycles. The van der Waals surface area contributed by atoms with Crippen LogP contribution in [0.25, 0.3) is 55.0 Å². The van der Waals surface area contributed by atoms with Crippen LogP contribution >= 0.6 is 0 Å². The summed E-state index contributed by atoms with van der Waals surface area (Å²) in [4.78, 5) is 10.5. The molecule has 1 atom stereocenters. The molecule has 222 valence electrons. The first kappa shape index (κ1) is 27.1. The molecule has 2 heterocycles. The molecule has 1 N–H and O–H groups in total. The van der Waals surface area contributed by atoms with E-state index in [0.29, 0.717) is 5.84 Å². The van der Waals surface area contributed by atoms with Gasteiger partial charge in [0, 0.05) is 21.9 Å². The number of amidine groups is 2. The number of fused-ring (bicyclic) bond motifs is 4. The normalized spacial score (nSPS) is 14.6. The average Bonchev–Trinajstić information content (AvgIpc) is 3.51. The average molecular weight is 604 g/mol. The van der Waals surface area contributed by atoms with Crippen molar-refractivity contribution in [1.29, 1.82) is 0 Å². The van der Waals surface area contributed by atoms with Crippen LogP contribution in [-0.2, 0) is 0 Å². The van der Waals surface area contributed by atoms with E-state index in [4.69, 9.17) is 14.4 Å². The van der Waals surface area contributed by atoms with Crippen LogP contribution in [0.5, 0.6) is 0 Å². The molecule has 1 aromatic heterocycles. The third-order valence-electron chi connectivity index (χ3n) is 8.91. The molecule has 8 aromatic rings. The molecular formula is C43H29N3O. The predicted octanol–water partition coefficient (Wildman–Crippen LogP) is 10.6. The minimum absolute atomic E-state index is 0.304. The third kappa shape index (κ3) is 4.97. The number of rotatable bonds is 5. The SMILES string of the molecule is c1ccc(C2=NC(c3cc(-c4ccc(-c5ccccc5)cc4)cc4oc5cc6ccccc6cc5c34)=NC(c3ccccc3)N2)cc1. The maximum absolute atomic E-state index is 6.65. The minimum atomic E-state index is -0.304. The molecule has 9 rings (SSSR count). The van der Waals surface area contributed by atoms with Gasteiger partial charge in [0.2, 0.25) is 0 Å².